The molecule has 2 aliphatic rings. The third-order valence-corrected chi connectivity index (χ3v) is 4.74. The summed E-state index contributed by atoms with van der Waals surface area (Å²) in [6.45, 7) is 3.25. The average Bonchev–Trinajstić information content (AvgIpc) is 3.35. The van der Waals surface area contributed by atoms with E-state index < -0.39 is 0 Å². The van der Waals surface area contributed by atoms with Crippen molar-refractivity contribution in [2.45, 2.75) is 19.1 Å². The largest absolute Gasteiger partial charge is 0.461 e. The maximum atomic E-state index is 5.78. The summed E-state index contributed by atoms with van der Waals surface area (Å²) in [6.07, 6.45) is 5.19. The highest BCUT2D eigenvalue weighted by Gasteiger charge is 2.27. The topological polar surface area (TPSA) is 74.5 Å². The van der Waals surface area contributed by atoms with Crippen molar-refractivity contribution in [3.05, 3.63) is 60.2 Å². The summed E-state index contributed by atoms with van der Waals surface area (Å²) >= 11 is 0. The fourth-order valence-corrected chi connectivity index (χ4v) is 3.54. The SMILES string of the molecule is c1cnc(OC[C@H]2CN(Cc3ccc4c(c3)OCO4)Cc3ccnn32)nc1. The molecule has 4 heterocycles. The Balaban J connectivity index is 1.30. The molecule has 0 bridgehead atoms. The first-order valence-corrected chi connectivity index (χ1v) is 8.88. The summed E-state index contributed by atoms with van der Waals surface area (Å²) in [4.78, 5) is 10.6. The third kappa shape index (κ3) is 3.31. The lowest BCUT2D eigenvalue weighted by Crippen LogP contribution is -2.39. The monoisotopic (exact) mass is 365 g/mol. The van der Waals surface area contributed by atoms with Crippen molar-refractivity contribution in [1.29, 1.82) is 0 Å². The van der Waals surface area contributed by atoms with Crippen molar-refractivity contribution in [3.63, 3.8) is 0 Å². The summed E-state index contributed by atoms with van der Waals surface area (Å²) in [6, 6.07) is 10.4. The number of aromatic nitrogens is 4. The Morgan fingerprint density at radius 3 is 2.89 bits per heavy atom. The van der Waals surface area contributed by atoms with Gasteiger partial charge in [0.15, 0.2) is 11.5 Å². The van der Waals surface area contributed by atoms with Crippen molar-refractivity contribution in [1.82, 2.24) is 24.6 Å². The van der Waals surface area contributed by atoms with E-state index in [0.717, 1.165) is 31.1 Å². The van der Waals surface area contributed by atoms with Gasteiger partial charge in [-0.2, -0.15) is 5.10 Å². The Morgan fingerprint density at radius 2 is 1.96 bits per heavy atom. The summed E-state index contributed by atoms with van der Waals surface area (Å²) in [5, 5.41) is 4.47. The first-order valence-electron chi connectivity index (χ1n) is 8.88. The molecule has 1 atom stereocenters. The van der Waals surface area contributed by atoms with Gasteiger partial charge in [-0.15, -0.1) is 0 Å². The molecule has 1 aromatic carbocycles. The van der Waals surface area contributed by atoms with Gasteiger partial charge >= 0.3 is 6.01 Å². The highest BCUT2D eigenvalue weighted by atomic mass is 16.7. The molecule has 27 heavy (non-hydrogen) atoms. The van der Waals surface area contributed by atoms with Gasteiger partial charge in [-0.05, 0) is 29.8 Å². The van der Waals surface area contributed by atoms with Gasteiger partial charge in [0.25, 0.3) is 0 Å². The lowest BCUT2D eigenvalue weighted by atomic mass is 10.1. The molecule has 138 valence electrons. The molecular weight excluding hydrogens is 346 g/mol. The second-order valence-electron chi connectivity index (χ2n) is 6.62. The molecule has 0 saturated carbocycles. The van der Waals surface area contributed by atoms with E-state index in [2.05, 4.69) is 38.2 Å². The minimum atomic E-state index is 0.0987. The molecule has 0 unspecified atom stereocenters. The Morgan fingerprint density at radius 1 is 1.07 bits per heavy atom. The zero-order chi connectivity index (χ0) is 18.1. The zero-order valence-corrected chi connectivity index (χ0v) is 14.7. The first-order chi connectivity index (χ1) is 13.3. The minimum Gasteiger partial charge on any atom is -0.461 e. The second-order valence-corrected chi connectivity index (χ2v) is 6.62. The van der Waals surface area contributed by atoms with E-state index in [1.54, 1.807) is 18.5 Å². The molecular formula is C19H19N5O3. The van der Waals surface area contributed by atoms with Crippen LogP contribution >= 0.6 is 0 Å². The van der Waals surface area contributed by atoms with Gasteiger partial charge in [0.1, 0.15) is 6.61 Å². The van der Waals surface area contributed by atoms with Crippen LogP contribution < -0.4 is 14.2 Å². The quantitative estimate of drug-likeness (QED) is 0.685. The molecule has 3 aromatic rings. The normalized spacial score (nSPS) is 18.3. The number of fused-ring (bicyclic) bond motifs is 2. The molecule has 8 nitrogen and oxygen atoms in total. The van der Waals surface area contributed by atoms with Gasteiger partial charge in [-0.3, -0.25) is 9.58 Å². The summed E-state index contributed by atoms with van der Waals surface area (Å²) in [5.74, 6) is 1.63. The highest BCUT2D eigenvalue weighted by Crippen LogP contribution is 2.33. The van der Waals surface area contributed by atoms with Crippen LogP contribution in [0.25, 0.3) is 0 Å². The summed E-state index contributed by atoms with van der Waals surface area (Å²) in [5.41, 5.74) is 2.36. The highest BCUT2D eigenvalue weighted by molar-refractivity contribution is 5.44. The number of hydrogen-bond donors (Lipinski definition) is 0. The van der Waals surface area contributed by atoms with Gasteiger partial charge in [-0.25, -0.2) is 9.97 Å². The summed E-state index contributed by atoms with van der Waals surface area (Å²) in [7, 11) is 0. The predicted molar refractivity (Wildman–Crippen MR) is 95.5 cm³/mol. The molecule has 0 saturated heterocycles. The smallest absolute Gasteiger partial charge is 0.316 e. The number of nitrogens with zero attached hydrogens (tertiary/aromatic N) is 5. The number of benzene rings is 1. The molecule has 2 aliphatic heterocycles. The Bertz CT molecular complexity index is 930. The van der Waals surface area contributed by atoms with E-state index in [4.69, 9.17) is 14.2 Å². The van der Waals surface area contributed by atoms with Crippen LogP contribution in [-0.2, 0) is 13.1 Å². The van der Waals surface area contributed by atoms with Crippen LogP contribution in [0.1, 0.15) is 17.3 Å². The van der Waals surface area contributed by atoms with Crippen molar-refractivity contribution in [3.8, 4) is 17.5 Å². The molecule has 5 rings (SSSR count). The molecule has 0 aliphatic carbocycles. The van der Waals surface area contributed by atoms with Gasteiger partial charge in [0, 0.05) is 38.2 Å². The van der Waals surface area contributed by atoms with E-state index in [9.17, 15) is 0 Å². The van der Waals surface area contributed by atoms with E-state index in [0.29, 0.717) is 19.4 Å². The van der Waals surface area contributed by atoms with Crippen molar-refractivity contribution in [2.75, 3.05) is 19.9 Å². The third-order valence-electron chi connectivity index (χ3n) is 4.74. The van der Waals surface area contributed by atoms with Crippen LogP contribution in [0.3, 0.4) is 0 Å². The fraction of sp³-hybridized carbons (Fsp3) is 0.316. The Labute approximate surface area is 156 Å². The number of hydrogen-bond acceptors (Lipinski definition) is 7. The van der Waals surface area contributed by atoms with Gasteiger partial charge in [0.2, 0.25) is 6.79 Å². The Kier molecular flexibility index (Phi) is 4.10. The van der Waals surface area contributed by atoms with Gasteiger partial charge in [0.05, 0.1) is 11.7 Å². The lowest BCUT2D eigenvalue weighted by molar-refractivity contribution is 0.123. The van der Waals surface area contributed by atoms with Crippen LogP contribution in [0.5, 0.6) is 17.5 Å². The zero-order valence-electron chi connectivity index (χ0n) is 14.7. The van der Waals surface area contributed by atoms with Crippen molar-refractivity contribution >= 4 is 0 Å². The predicted octanol–water partition coefficient (Wildman–Crippen LogP) is 2.04. The number of rotatable bonds is 5. The first kappa shape index (κ1) is 16.1. The maximum absolute atomic E-state index is 5.78. The van der Waals surface area contributed by atoms with Crippen molar-refractivity contribution in [2.24, 2.45) is 0 Å². The molecule has 0 radical (unpaired) electrons. The maximum Gasteiger partial charge on any atom is 0.316 e. The lowest BCUT2D eigenvalue weighted by Gasteiger charge is -2.33. The van der Waals surface area contributed by atoms with E-state index in [1.807, 2.05) is 16.9 Å². The molecule has 0 N–H and O–H groups in total. The average molecular weight is 365 g/mol. The second kappa shape index (κ2) is 6.88. The van der Waals surface area contributed by atoms with Crippen LogP contribution in [-0.4, -0.2) is 44.6 Å². The van der Waals surface area contributed by atoms with E-state index in [1.165, 1.54) is 11.3 Å². The molecule has 2 aromatic heterocycles. The molecule has 0 spiro atoms. The molecule has 0 amide bonds. The Hall–Kier alpha value is -3.13. The summed E-state index contributed by atoms with van der Waals surface area (Å²) < 4.78 is 18.7. The van der Waals surface area contributed by atoms with Crippen LogP contribution in [0.4, 0.5) is 0 Å². The molecule has 0 fully saturated rings. The van der Waals surface area contributed by atoms with Crippen molar-refractivity contribution < 1.29 is 14.2 Å². The van der Waals surface area contributed by atoms with Gasteiger partial charge in [-0.1, -0.05) is 6.07 Å². The van der Waals surface area contributed by atoms with Crippen LogP contribution in [0, 0.1) is 0 Å². The standard InChI is InChI=1S/C19H19N5O3/c1-5-20-19(21-6-1)25-12-16-11-23(10-15-4-7-22-24(15)16)9-14-2-3-17-18(8-14)27-13-26-17/h1-8,16H,9-13H2/t16-/m1/s1. The van der Waals surface area contributed by atoms with Crippen LogP contribution in [0.2, 0.25) is 0 Å². The van der Waals surface area contributed by atoms with E-state index >= 15 is 0 Å². The van der Waals surface area contributed by atoms with Crippen LogP contribution in [0.15, 0.2) is 48.9 Å². The van der Waals surface area contributed by atoms with E-state index in [-0.39, 0.29) is 6.04 Å². The number of ether oxygens (including phenoxy) is 3. The minimum absolute atomic E-state index is 0.0987. The van der Waals surface area contributed by atoms with Gasteiger partial charge < -0.3 is 14.2 Å². The fourth-order valence-electron chi connectivity index (χ4n) is 3.54. The molecule has 8 heteroatoms.